The third-order valence-corrected chi connectivity index (χ3v) is 3.62. The molecule has 2 rings (SSSR count). The third-order valence-electron chi connectivity index (χ3n) is 2.81. The molecule has 1 aromatic heterocycles. The summed E-state index contributed by atoms with van der Waals surface area (Å²) < 4.78 is 5.76. The predicted molar refractivity (Wildman–Crippen MR) is 82.6 cm³/mol. The van der Waals surface area contributed by atoms with Gasteiger partial charge in [-0.05, 0) is 37.1 Å². The van der Waals surface area contributed by atoms with Gasteiger partial charge in [-0.2, -0.15) is 0 Å². The molecule has 0 bridgehead atoms. The topological polar surface area (TPSA) is 50.8 Å². The van der Waals surface area contributed by atoms with Crippen molar-refractivity contribution in [1.29, 1.82) is 0 Å². The zero-order valence-electron chi connectivity index (χ0n) is 12.4. The molecule has 0 saturated carbocycles. The molecule has 0 fully saturated rings. The summed E-state index contributed by atoms with van der Waals surface area (Å²) in [5.41, 5.74) is 2.45. The van der Waals surface area contributed by atoms with Gasteiger partial charge in [-0.3, -0.25) is 5.10 Å². The first-order chi connectivity index (χ1) is 9.54. The average molecular weight is 291 g/mol. The van der Waals surface area contributed by atoms with Gasteiger partial charge in [0.1, 0.15) is 11.6 Å². The van der Waals surface area contributed by atoms with E-state index in [1.807, 2.05) is 0 Å². The quantitative estimate of drug-likeness (QED) is 0.651. The summed E-state index contributed by atoms with van der Waals surface area (Å²) in [5.74, 6) is 3.08. The molecule has 0 amide bonds. The summed E-state index contributed by atoms with van der Waals surface area (Å²) in [6.45, 7) is 9.00. The van der Waals surface area contributed by atoms with Gasteiger partial charge >= 0.3 is 0 Å². The highest BCUT2D eigenvalue weighted by Crippen LogP contribution is 2.18. The summed E-state index contributed by atoms with van der Waals surface area (Å²) in [7, 11) is 0. The lowest BCUT2D eigenvalue weighted by molar-refractivity contribution is 0.343. The second-order valence-corrected chi connectivity index (χ2v) is 6.24. The molecule has 0 saturated heterocycles. The van der Waals surface area contributed by atoms with E-state index in [2.05, 4.69) is 61.1 Å². The van der Waals surface area contributed by atoms with Gasteiger partial charge in [0, 0.05) is 11.7 Å². The van der Waals surface area contributed by atoms with Crippen molar-refractivity contribution < 1.29 is 4.74 Å². The van der Waals surface area contributed by atoms with Crippen LogP contribution in [0.15, 0.2) is 23.4 Å². The van der Waals surface area contributed by atoms with Crippen LogP contribution in [-0.2, 0) is 0 Å². The van der Waals surface area contributed by atoms with Crippen LogP contribution < -0.4 is 4.74 Å². The molecule has 4 nitrogen and oxygen atoms in total. The molecular formula is C15H21N3OS. The Kier molecular flexibility index (Phi) is 5.06. The van der Waals surface area contributed by atoms with Gasteiger partial charge in [0.15, 0.2) is 0 Å². The van der Waals surface area contributed by atoms with Gasteiger partial charge in [0.05, 0.1) is 6.61 Å². The maximum Gasteiger partial charge on any atom is 0.208 e. The first-order valence-corrected chi connectivity index (χ1v) is 7.79. The Morgan fingerprint density at radius 3 is 2.50 bits per heavy atom. The fraction of sp³-hybridized carbons (Fsp3) is 0.467. The van der Waals surface area contributed by atoms with E-state index in [0.717, 1.165) is 22.5 Å². The van der Waals surface area contributed by atoms with Gasteiger partial charge < -0.3 is 4.74 Å². The van der Waals surface area contributed by atoms with Crippen LogP contribution in [0.2, 0.25) is 0 Å². The van der Waals surface area contributed by atoms with Crippen molar-refractivity contribution in [2.75, 3.05) is 12.4 Å². The van der Waals surface area contributed by atoms with Gasteiger partial charge in [0.2, 0.25) is 5.16 Å². The highest BCUT2D eigenvalue weighted by molar-refractivity contribution is 7.99. The van der Waals surface area contributed by atoms with Crippen LogP contribution in [0.4, 0.5) is 0 Å². The molecule has 1 aromatic carbocycles. The van der Waals surface area contributed by atoms with Crippen LogP contribution in [0.3, 0.4) is 0 Å². The van der Waals surface area contributed by atoms with Crippen molar-refractivity contribution in [3.63, 3.8) is 0 Å². The highest BCUT2D eigenvalue weighted by Gasteiger charge is 2.06. The fourth-order valence-corrected chi connectivity index (χ4v) is 2.51. The lowest BCUT2D eigenvalue weighted by Gasteiger charge is -2.07. The predicted octanol–water partition coefficient (Wildman–Crippen LogP) is 3.72. The van der Waals surface area contributed by atoms with Crippen LogP contribution in [-0.4, -0.2) is 27.5 Å². The molecule has 20 heavy (non-hydrogen) atoms. The summed E-state index contributed by atoms with van der Waals surface area (Å²) in [6, 6.07) is 6.26. The number of ether oxygens (including phenoxy) is 1. The van der Waals surface area contributed by atoms with E-state index < -0.39 is 0 Å². The number of aryl methyl sites for hydroxylation is 2. The molecular weight excluding hydrogens is 270 g/mol. The number of rotatable bonds is 6. The van der Waals surface area contributed by atoms with Gasteiger partial charge in [-0.15, -0.1) is 5.10 Å². The van der Waals surface area contributed by atoms with E-state index in [9.17, 15) is 0 Å². The van der Waals surface area contributed by atoms with Crippen molar-refractivity contribution in [2.45, 2.75) is 38.8 Å². The fourth-order valence-electron chi connectivity index (χ4n) is 1.89. The van der Waals surface area contributed by atoms with E-state index >= 15 is 0 Å². The number of nitrogens with zero attached hydrogens (tertiary/aromatic N) is 2. The monoisotopic (exact) mass is 291 g/mol. The number of thioether (sulfide) groups is 1. The normalized spacial score (nSPS) is 11.1. The molecule has 0 radical (unpaired) electrons. The lowest BCUT2D eigenvalue weighted by atomic mass is 10.1. The molecule has 108 valence electrons. The van der Waals surface area contributed by atoms with Gasteiger partial charge in [-0.1, -0.05) is 31.7 Å². The highest BCUT2D eigenvalue weighted by atomic mass is 32.2. The molecule has 1 heterocycles. The molecule has 5 heteroatoms. The van der Waals surface area contributed by atoms with Gasteiger partial charge in [0.25, 0.3) is 0 Å². The third kappa shape index (κ3) is 4.27. The summed E-state index contributed by atoms with van der Waals surface area (Å²) in [5, 5.41) is 7.93. The number of hydrogen-bond acceptors (Lipinski definition) is 4. The summed E-state index contributed by atoms with van der Waals surface area (Å²) in [4.78, 5) is 4.42. The van der Waals surface area contributed by atoms with Crippen molar-refractivity contribution in [1.82, 2.24) is 15.2 Å². The maximum atomic E-state index is 5.76. The zero-order valence-corrected chi connectivity index (χ0v) is 13.3. The number of aromatic amines is 1. The van der Waals surface area contributed by atoms with Crippen molar-refractivity contribution in [3.8, 4) is 5.75 Å². The SMILES string of the molecule is Cc1cc(C)cc(OCCSc2n[nH]c(C(C)C)n2)c1. The average Bonchev–Trinajstić information content (AvgIpc) is 2.82. The Balaban J connectivity index is 1.78. The maximum absolute atomic E-state index is 5.76. The number of hydrogen-bond donors (Lipinski definition) is 1. The van der Waals surface area contributed by atoms with Gasteiger partial charge in [-0.25, -0.2) is 4.98 Å². The minimum atomic E-state index is 0.378. The number of aromatic nitrogens is 3. The molecule has 1 N–H and O–H groups in total. The van der Waals surface area contributed by atoms with E-state index in [1.54, 1.807) is 11.8 Å². The molecule has 0 aliphatic heterocycles. The van der Waals surface area contributed by atoms with Crippen LogP contribution in [0.25, 0.3) is 0 Å². The molecule has 0 unspecified atom stereocenters. The second-order valence-electron chi connectivity index (χ2n) is 5.18. The Morgan fingerprint density at radius 2 is 1.90 bits per heavy atom. The molecule has 0 aliphatic carbocycles. The van der Waals surface area contributed by atoms with Crippen molar-refractivity contribution in [3.05, 3.63) is 35.2 Å². The number of H-pyrrole nitrogens is 1. The van der Waals surface area contributed by atoms with Crippen LogP contribution in [0.5, 0.6) is 5.75 Å². The number of benzene rings is 1. The number of nitrogens with one attached hydrogen (secondary N) is 1. The van der Waals surface area contributed by atoms with Crippen molar-refractivity contribution in [2.24, 2.45) is 0 Å². The Bertz CT molecular complexity index is 546. The molecule has 0 aliphatic rings. The largest absolute Gasteiger partial charge is 0.493 e. The van der Waals surface area contributed by atoms with E-state index in [0.29, 0.717) is 12.5 Å². The minimum Gasteiger partial charge on any atom is -0.493 e. The standard InChI is InChI=1S/C15H21N3OS/c1-10(2)14-16-15(18-17-14)20-6-5-19-13-8-11(3)7-12(4)9-13/h7-10H,5-6H2,1-4H3,(H,16,17,18). The van der Waals surface area contributed by atoms with Crippen LogP contribution >= 0.6 is 11.8 Å². The molecule has 0 atom stereocenters. The lowest BCUT2D eigenvalue weighted by Crippen LogP contribution is -2.01. The Morgan fingerprint density at radius 1 is 1.20 bits per heavy atom. The zero-order chi connectivity index (χ0) is 14.5. The first kappa shape index (κ1) is 14.9. The smallest absolute Gasteiger partial charge is 0.208 e. The first-order valence-electron chi connectivity index (χ1n) is 6.81. The molecule has 2 aromatic rings. The molecule has 0 spiro atoms. The van der Waals surface area contributed by atoms with E-state index in [1.165, 1.54) is 11.1 Å². The Hall–Kier alpha value is -1.49. The van der Waals surface area contributed by atoms with Crippen LogP contribution in [0.1, 0.15) is 36.7 Å². The van der Waals surface area contributed by atoms with E-state index in [-0.39, 0.29) is 0 Å². The minimum absolute atomic E-state index is 0.378. The Labute approximate surface area is 124 Å². The van der Waals surface area contributed by atoms with Crippen LogP contribution in [0, 0.1) is 13.8 Å². The van der Waals surface area contributed by atoms with E-state index in [4.69, 9.17) is 4.74 Å². The summed E-state index contributed by atoms with van der Waals surface area (Å²) in [6.07, 6.45) is 0. The summed E-state index contributed by atoms with van der Waals surface area (Å²) >= 11 is 1.61. The van der Waals surface area contributed by atoms with Crippen molar-refractivity contribution >= 4 is 11.8 Å². The second kappa shape index (κ2) is 6.79.